The summed E-state index contributed by atoms with van der Waals surface area (Å²) in [5.74, 6) is 1.94. The molecule has 0 radical (unpaired) electrons. The maximum atomic E-state index is 12.6. The molecular weight excluding hydrogens is 389 g/mol. The quantitative estimate of drug-likeness (QED) is 0.765. The summed E-state index contributed by atoms with van der Waals surface area (Å²) in [6, 6.07) is 2.16. The highest BCUT2D eigenvalue weighted by atomic mass is 35.5. The molecule has 1 atom stereocenters. The number of thioether (sulfide) groups is 1. The predicted molar refractivity (Wildman–Crippen MR) is 96.4 cm³/mol. The van der Waals surface area contributed by atoms with Crippen molar-refractivity contribution in [2.24, 2.45) is 0 Å². The van der Waals surface area contributed by atoms with E-state index in [1.54, 1.807) is 0 Å². The van der Waals surface area contributed by atoms with E-state index >= 15 is 0 Å². The fraction of sp³-hybridized carbons (Fsp3) is 0.438. The third kappa shape index (κ3) is 3.83. The van der Waals surface area contributed by atoms with Crippen molar-refractivity contribution < 1.29 is 13.2 Å². The normalized spacial score (nSPS) is 18.7. The minimum absolute atomic E-state index is 0.0135. The second-order valence-electron chi connectivity index (χ2n) is 5.91. The molecule has 0 aliphatic carbocycles. The molecule has 0 amide bonds. The maximum absolute atomic E-state index is 12.6. The Kier molecular flexibility index (Phi) is 5.47. The Balaban J connectivity index is 1.96. The van der Waals surface area contributed by atoms with Crippen LogP contribution in [0.2, 0.25) is 5.02 Å². The molecule has 0 N–H and O–H groups in total. The van der Waals surface area contributed by atoms with Gasteiger partial charge < -0.3 is 4.90 Å². The van der Waals surface area contributed by atoms with Gasteiger partial charge in [-0.2, -0.15) is 34.7 Å². The first-order valence-corrected chi connectivity index (χ1v) is 9.48. The van der Waals surface area contributed by atoms with Gasteiger partial charge in [0.15, 0.2) is 5.82 Å². The molecule has 0 aromatic carbocycles. The van der Waals surface area contributed by atoms with E-state index in [-0.39, 0.29) is 16.9 Å². The zero-order valence-corrected chi connectivity index (χ0v) is 15.4. The molecule has 1 aliphatic rings. The van der Waals surface area contributed by atoms with Gasteiger partial charge in [0.2, 0.25) is 0 Å². The van der Waals surface area contributed by atoms with Crippen molar-refractivity contribution in [2.75, 3.05) is 23.0 Å². The van der Waals surface area contributed by atoms with Gasteiger partial charge in [-0.25, -0.2) is 4.98 Å². The zero-order valence-electron chi connectivity index (χ0n) is 13.8. The van der Waals surface area contributed by atoms with Gasteiger partial charge in [0.1, 0.15) is 5.02 Å². The Bertz CT molecular complexity index is 841. The topological polar surface area (TPSA) is 51.0 Å². The summed E-state index contributed by atoms with van der Waals surface area (Å²) in [5.41, 5.74) is -0.969. The molecule has 0 saturated carbocycles. The Hall–Kier alpha value is -1.74. The van der Waals surface area contributed by atoms with E-state index in [0.717, 1.165) is 41.3 Å². The van der Waals surface area contributed by atoms with Crippen LogP contribution in [0.25, 0.3) is 5.82 Å². The number of nitrogens with zero attached hydrogens (tertiary/aromatic N) is 4. The number of alkyl halides is 3. The Morgan fingerprint density at radius 3 is 2.69 bits per heavy atom. The molecule has 140 valence electrons. The van der Waals surface area contributed by atoms with Crippen molar-refractivity contribution in [3.8, 4) is 5.82 Å². The summed E-state index contributed by atoms with van der Waals surface area (Å²) in [6.07, 6.45) is -1.40. The lowest BCUT2D eigenvalue weighted by Gasteiger charge is -2.29. The molecule has 10 heteroatoms. The van der Waals surface area contributed by atoms with Crippen LogP contribution in [0.5, 0.6) is 0 Å². The molecule has 3 rings (SSSR count). The lowest BCUT2D eigenvalue weighted by atomic mass is 10.2. The monoisotopic (exact) mass is 404 g/mol. The van der Waals surface area contributed by atoms with Crippen LogP contribution in [0.15, 0.2) is 29.3 Å². The summed E-state index contributed by atoms with van der Waals surface area (Å²) < 4.78 is 38.8. The van der Waals surface area contributed by atoms with Gasteiger partial charge in [0.05, 0.1) is 17.4 Å². The van der Waals surface area contributed by atoms with Crippen molar-refractivity contribution in [2.45, 2.75) is 25.6 Å². The van der Waals surface area contributed by atoms with Crippen LogP contribution >= 0.6 is 23.4 Å². The number of halogens is 4. The van der Waals surface area contributed by atoms with Crippen LogP contribution in [0.1, 0.15) is 18.9 Å². The average molecular weight is 405 g/mol. The number of pyridine rings is 1. The molecule has 2 aromatic rings. The van der Waals surface area contributed by atoms with Crippen molar-refractivity contribution in [1.82, 2.24) is 14.8 Å². The zero-order chi connectivity index (χ0) is 18.9. The van der Waals surface area contributed by atoms with E-state index in [1.165, 1.54) is 6.20 Å². The minimum Gasteiger partial charge on any atom is -0.365 e. The van der Waals surface area contributed by atoms with E-state index in [2.05, 4.69) is 17.0 Å². The highest BCUT2D eigenvalue weighted by molar-refractivity contribution is 7.99. The van der Waals surface area contributed by atoms with Crippen molar-refractivity contribution >= 4 is 29.1 Å². The molecule has 3 heterocycles. The minimum atomic E-state index is -4.49. The van der Waals surface area contributed by atoms with Crippen LogP contribution < -0.4 is 10.5 Å². The molecular formula is C16H16ClF3N4OS. The number of aromatic nitrogens is 3. The predicted octanol–water partition coefficient (Wildman–Crippen LogP) is 3.63. The smallest absolute Gasteiger partial charge is 0.365 e. The van der Waals surface area contributed by atoms with Gasteiger partial charge in [-0.3, -0.25) is 4.79 Å². The fourth-order valence-electron chi connectivity index (χ4n) is 2.72. The molecule has 1 aliphatic heterocycles. The van der Waals surface area contributed by atoms with Gasteiger partial charge >= 0.3 is 6.18 Å². The van der Waals surface area contributed by atoms with Gasteiger partial charge in [0.25, 0.3) is 5.56 Å². The van der Waals surface area contributed by atoms with E-state index in [4.69, 9.17) is 11.6 Å². The molecule has 0 bridgehead atoms. The number of anilines is 1. The van der Waals surface area contributed by atoms with Crippen molar-refractivity contribution in [3.63, 3.8) is 0 Å². The lowest BCUT2D eigenvalue weighted by molar-refractivity contribution is -0.137. The first-order valence-electron chi connectivity index (χ1n) is 7.95. The molecule has 5 nitrogen and oxygen atoms in total. The summed E-state index contributed by atoms with van der Waals surface area (Å²) in [7, 11) is 0. The summed E-state index contributed by atoms with van der Waals surface area (Å²) in [5, 5.41) is 4.06. The molecule has 2 aromatic heterocycles. The van der Waals surface area contributed by atoms with Crippen LogP contribution in [-0.4, -0.2) is 38.9 Å². The summed E-state index contributed by atoms with van der Waals surface area (Å²) in [6.45, 7) is 2.81. The first-order chi connectivity index (χ1) is 12.3. The standard InChI is InChI=1S/C16H16ClF3N4OS/c1-10-4-6-26-7-5-23(10)12-9-22-24(15(25)14(12)17)13-3-2-11(8-21-13)16(18,19)20/h2-3,8-10H,4-7H2,1H3. The number of rotatable bonds is 2. The van der Waals surface area contributed by atoms with E-state index in [1.807, 2.05) is 16.7 Å². The Morgan fingerprint density at radius 1 is 1.27 bits per heavy atom. The second kappa shape index (κ2) is 7.48. The maximum Gasteiger partial charge on any atom is 0.417 e. The molecule has 1 saturated heterocycles. The number of hydrogen-bond acceptors (Lipinski definition) is 5. The highest BCUT2D eigenvalue weighted by Crippen LogP contribution is 2.29. The van der Waals surface area contributed by atoms with E-state index in [0.29, 0.717) is 11.9 Å². The van der Waals surface area contributed by atoms with Gasteiger partial charge in [0, 0.05) is 24.5 Å². The van der Waals surface area contributed by atoms with Crippen molar-refractivity contribution in [1.29, 1.82) is 0 Å². The van der Waals surface area contributed by atoms with Crippen molar-refractivity contribution in [3.05, 3.63) is 45.5 Å². The summed E-state index contributed by atoms with van der Waals surface area (Å²) in [4.78, 5) is 18.3. The second-order valence-corrected chi connectivity index (χ2v) is 7.51. The van der Waals surface area contributed by atoms with E-state index in [9.17, 15) is 18.0 Å². The average Bonchev–Trinajstić information content (AvgIpc) is 2.81. The largest absolute Gasteiger partial charge is 0.417 e. The molecule has 0 spiro atoms. The van der Waals surface area contributed by atoms with Gasteiger partial charge in [-0.05, 0) is 31.2 Å². The first kappa shape index (κ1) is 19.0. The number of hydrogen-bond donors (Lipinski definition) is 0. The SMILES string of the molecule is CC1CCSCCN1c1cnn(-c2ccc(C(F)(F)F)cn2)c(=O)c1Cl. The molecule has 1 unspecified atom stereocenters. The van der Waals surface area contributed by atoms with Crippen LogP contribution in [0.3, 0.4) is 0 Å². The van der Waals surface area contributed by atoms with Crippen LogP contribution in [0, 0.1) is 0 Å². The van der Waals surface area contributed by atoms with Crippen LogP contribution in [-0.2, 0) is 6.18 Å². The summed E-state index contributed by atoms with van der Waals surface area (Å²) >= 11 is 8.12. The van der Waals surface area contributed by atoms with Crippen LogP contribution in [0.4, 0.5) is 18.9 Å². The van der Waals surface area contributed by atoms with Gasteiger partial charge in [-0.1, -0.05) is 11.6 Å². The Morgan fingerprint density at radius 2 is 2.04 bits per heavy atom. The molecule has 26 heavy (non-hydrogen) atoms. The molecule has 1 fully saturated rings. The highest BCUT2D eigenvalue weighted by Gasteiger charge is 2.31. The fourth-order valence-corrected chi connectivity index (χ4v) is 3.99. The van der Waals surface area contributed by atoms with E-state index < -0.39 is 17.3 Å². The third-order valence-electron chi connectivity index (χ3n) is 4.19. The lowest BCUT2D eigenvalue weighted by Crippen LogP contribution is -2.36. The van der Waals surface area contributed by atoms with Gasteiger partial charge in [-0.15, -0.1) is 0 Å². The Labute approximate surface area is 157 Å². The third-order valence-corrected chi connectivity index (χ3v) is 5.54.